The minimum atomic E-state index is -1.97. The summed E-state index contributed by atoms with van der Waals surface area (Å²) in [5, 5.41) is 9.72. The number of aromatic nitrogens is 1. The molecule has 3 atom stereocenters. The number of nitrogens with zero attached hydrogens (tertiary/aromatic N) is 1. The van der Waals surface area contributed by atoms with E-state index in [9.17, 15) is 19.5 Å². The van der Waals surface area contributed by atoms with E-state index in [0.29, 0.717) is 25.1 Å². The van der Waals surface area contributed by atoms with Crippen LogP contribution in [0, 0.1) is 0 Å². The fraction of sp³-hybridized carbons (Fsp3) is 0.371. The van der Waals surface area contributed by atoms with E-state index in [1.54, 1.807) is 42.6 Å². The molecule has 1 aliphatic heterocycles. The first-order chi connectivity index (χ1) is 20.7. The van der Waals surface area contributed by atoms with Crippen LogP contribution in [-0.4, -0.2) is 45.4 Å². The van der Waals surface area contributed by atoms with Gasteiger partial charge in [0.1, 0.15) is 11.6 Å². The quantitative estimate of drug-likeness (QED) is 0.0808. The maximum atomic E-state index is 13.9. The summed E-state index contributed by atoms with van der Waals surface area (Å²) < 4.78 is 11.5. The van der Waals surface area contributed by atoms with Crippen molar-refractivity contribution in [3.8, 4) is 5.75 Å². The van der Waals surface area contributed by atoms with Crippen molar-refractivity contribution in [3.63, 3.8) is 0 Å². The second-order valence-electron chi connectivity index (χ2n) is 11.6. The molecule has 8 nitrogen and oxygen atoms in total. The zero-order valence-electron chi connectivity index (χ0n) is 24.7. The minimum absolute atomic E-state index is 0.0194. The number of hydrogen-bond donors (Lipinski definition) is 2. The van der Waals surface area contributed by atoms with Gasteiger partial charge in [-0.1, -0.05) is 74.2 Å². The number of phenols is 1. The van der Waals surface area contributed by atoms with Gasteiger partial charge in [-0.15, -0.1) is 0 Å². The Morgan fingerprint density at radius 2 is 1.77 bits per heavy atom. The highest BCUT2D eigenvalue weighted by Gasteiger charge is 2.85. The van der Waals surface area contributed by atoms with E-state index in [4.69, 9.17) is 15.2 Å². The molecule has 0 saturated carbocycles. The Bertz CT molecular complexity index is 1550. The third-order valence-electron chi connectivity index (χ3n) is 8.48. The molecular formula is C35H38N2O6. The van der Waals surface area contributed by atoms with E-state index in [-0.39, 0.29) is 41.6 Å². The molecule has 2 aliphatic rings. The molecule has 2 heterocycles. The largest absolute Gasteiger partial charge is 0.508 e. The molecule has 5 rings (SSSR count). The number of carbonyl (C=O) groups excluding carboxylic acids is 3. The van der Waals surface area contributed by atoms with Crippen LogP contribution in [0.25, 0.3) is 0 Å². The van der Waals surface area contributed by atoms with Gasteiger partial charge in [0.2, 0.25) is 5.78 Å². The second-order valence-corrected chi connectivity index (χ2v) is 11.6. The summed E-state index contributed by atoms with van der Waals surface area (Å²) >= 11 is 0. The Balaban J connectivity index is 1.40. The van der Waals surface area contributed by atoms with Gasteiger partial charge >= 0.3 is 5.97 Å². The number of allylic oxidation sites excluding steroid dienone is 1. The number of carbonyl (C=O) groups is 3. The van der Waals surface area contributed by atoms with Crippen LogP contribution in [0.5, 0.6) is 5.75 Å². The maximum Gasteiger partial charge on any atom is 0.350 e. The summed E-state index contributed by atoms with van der Waals surface area (Å²) in [4.78, 5) is 45.2. The summed E-state index contributed by atoms with van der Waals surface area (Å²) in [5.74, 6) is -1.05. The summed E-state index contributed by atoms with van der Waals surface area (Å²) in [6.07, 6.45) is 8.59. The van der Waals surface area contributed by atoms with Gasteiger partial charge in [-0.3, -0.25) is 9.59 Å². The predicted molar refractivity (Wildman–Crippen MR) is 163 cm³/mol. The number of hydrogen-bond acceptors (Lipinski definition) is 8. The standard InChI is InChI=1S/C35H38N2O6/c1-3-4-5-8-19-42-33(41)35-32(40)29-10-7-6-9-28(29)31(39)34(35,43-35)17-15-23(2)20-26(25-16-18-37-30(36)22-25)21-24-11-13-27(38)14-12-24/h6-7,9-16,18,22,26,38H,3-5,8,17,19-21H2,1-2H3,(H2,36,37)/b23-15+/t26-,34+,35+/m1/s1. The first-order valence-electron chi connectivity index (χ1n) is 14.9. The molecule has 1 fully saturated rings. The van der Waals surface area contributed by atoms with Crippen LogP contribution in [0.1, 0.15) is 90.1 Å². The molecule has 8 heteroatoms. The number of fused-ring (bicyclic) bond motifs is 2. The van der Waals surface area contributed by atoms with Gasteiger partial charge in [-0.05, 0) is 67.5 Å². The number of nitrogen functional groups attached to an aromatic ring is 1. The van der Waals surface area contributed by atoms with Crippen molar-refractivity contribution in [1.29, 1.82) is 0 Å². The highest BCUT2D eigenvalue weighted by molar-refractivity contribution is 6.32. The van der Waals surface area contributed by atoms with Crippen molar-refractivity contribution in [2.45, 2.75) is 75.9 Å². The highest BCUT2D eigenvalue weighted by Crippen LogP contribution is 2.58. The van der Waals surface area contributed by atoms with Crippen LogP contribution in [0.4, 0.5) is 5.82 Å². The van der Waals surface area contributed by atoms with E-state index < -0.39 is 23.0 Å². The monoisotopic (exact) mass is 582 g/mol. The number of aromatic hydroxyl groups is 1. The lowest BCUT2D eigenvalue weighted by Gasteiger charge is -2.23. The van der Waals surface area contributed by atoms with Crippen molar-refractivity contribution in [2.24, 2.45) is 0 Å². The van der Waals surface area contributed by atoms with E-state index in [1.807, 2.05) is 37.3 Å². The zero-order valence-corrected chi connectivity index (χ0v) is 24.7. The van der Waals surface area contributed by atoms with Crippen molar-refractivity contribution < 1.29 is 29.0 Å². The Morgan fingerprint density at radius 3 is 2.47 bits per heavy atom. The van der Waals surface area contributed by atoms with Crippen molar-refractivity contribution in [3.05, 3.63) is 101 Å². The van der Waals surface area contributed by atoms with Gasteiger partial charge in [0.05, 0.1) is 6.61 Å². The van der Waals surface area contributed by atoms with Crippen LogP contribution in [0.15, 0.2) is 78.5 Å². The number of esters is 1. The lowest BCUT2D eigenvalue weighted by atomic mass is 9.72. The second kappa shape index (κ2) is 12.5. The predicted octanol–water partition coefficient (Wildman–Crippen LogP) is 6.13. The highest BCUT2D eigenvalue weighted by atomic mass is 16.7. The molecule has 0 amide bonds. The molecule has 3 N–H and O–H groups in total. The average Bonchev–Trinajstić information content (AvgIpc) is 3.72. The van der Waals surface area contributed by atoms with E-state index in [1.165, 1.54) is 0 Å². The van der Waals surface area contributed by atoms with Crippen LogP contribution in [-0.2, 0) is 20.7 Å². The molecule has 0 radical (unpaired) electrons. The van der Waals surface area contributed by atoms with Crippen LogP contribution in [0.2, 0.25) is 0 Å². The number of phenolic OH excluding ortho intramolecular Hbond substituents is 1. The molecule has 43 heavy (non-hydrogen) atoms. The number of pyridine rings is 1. The fourth-order valence-corrected chi connectivity index (χ4v) is 6.06. The normalized spacial score (nSPS) is 21.6. The number of unbranched alkanes of at least 4 members (excludes halogenated alkanes) is 3. The van der Waals surface area contributed by atoms with Crippen molar-refractivity contribution in [1.82, 2.24) is 4.98 Å². The molecule has 1 aliphatic carbocycles. The third-order valence-corrected chi connectivity index (χ3v) is 8.48. The number of ketones is 2. The summed E-state index contributed by atoms with van der Waals surface area (Å²) in [5.41, 5.74) is 5.87. The SMILES string of the molecule is CCCCCCOC(=O)[C@]12O[C@@]1(C/C=C(\C)C[C@H](Cc1ccc(O)cc1)c1ccnc(N)c1)C(=O)c1ccccc1C2=O. The maximum absolute atomic E-state index is 13.9. The number of benzene rings is 2. The fourth-order valence-electron chi connectivity index (χ4n) is 6.06. The number of anilines is 1. The molecule has 3 aromatic rings. The number of Topliss-reactive ketones (excluding diaryl/α,β-unsaturated/α-hetero) is 2. The van der Waals surface area contributed by atoms with Gasteiger partial charge in [0.15, 0.2) is 11.4 Å². The topological polar surface area (TPSA) is 132 Å². The smallest absolute Gasteiger partial charge is 0.350 e. The number of nitrogens with two attached hydrogens (primary N) is 1. The molecular weight excluding hydrogens is 544 g/mol. The van der Waals surface area contributed by atoms with E-state index in [0.717, 1.165) is 36.0 Å². The van der Waals surface area contributed by atoms with Gasteiger partial charge < -0.3 is 20.3 Å². The van der Waals surface area contributed by atoms with Gasteiger partial charge in [-0.2, -0.15) is 0 Å². The molecule has 1 aromatic heterocycles. The minimum Gasteiger partial charge on any atom is -0.508 e. The van der Waals surface area contributed by atoms with Crippen molar-refractivity contribution >= 4 is 23.4 Å². The Hall–Kier alpha value is -4.30. The lowest BCUT2D eigenvalue weighted by Crippen LogP contribution is -2.50. The Labute approximate surface area is 251 Å². The van der Waals surface area contributed by atoms with Gasteiger partial charge in [-0.25, -0.2) is 9.78 Å². The van der Waals surface area contributed by atoms with Crippen LogP contribution < -0.4 is 5.73 Å². The number of epoxide rings is 1. The van der Waals surface area contributed by atoms with Crippen molar-refractivity contribution in [2.75, 3.05) is 12.3 Å². The van der Waals surface area contributed by atoms with Crippen LogP contribution >= 0.6 is 0 Å². The lowest BCUT2D eigenvalue weighted by molar-refractivity contribution is -0.148. The zero-order chi connectivity index (χ0) is 30.6. The van der Waals surface area contributed by atoms with Crippen LogP contribution in [0.3, 0.4) is 0 Å². The molecule has 0 spiro atoms. The Kier molecular flexibility index (Phi) is 8.78. The molecule has 224 valence electrons. The number of rotatable bonds is 13. The Morgan fingerprint density at radius 1 is 1.05 bits per heavy atom. The molecule has 2 aromatic carbocycles. The third kappa shape index (κ3) is 5.84. The average molecular weight is 583 g/mol. The molecule has 0 unspecified atom stereocenters. The summed E-state index contributed by atoms with van der Waals surface area (Å²) in [6, 6.07) is 17.4. The molecule has 0 bridgehead atoms. The van der Waals surface area contributed by atoms with Gasteiger partial charge in [0.25, 0.3) is 5.60 Å². The summed E-state index contributed by atoms with van der Waals surface area (Å²) in [7, 11) is 0. The van der Waals surface area contributed by atoms with E-state index >= 15 is 0 Å². The van der Waals surface area contributed by atoms with Gasteiger partial charge in [0, 0.05) is 23.7 Å². The number of ether oxygens (including phenoxy) is 2. The summed E-state index contributed by atoms with van der Waals surface area (Å²) in [6.45, 7) is 4.23. The molecule has 1 saturated heterocycles. The first kappa shape index (κ1) is 30.2. The van der Waals surface area contributed by atoms with E-state index in [2.05, 4.69) is 11.9 Å². The first-order valence-corrected chi connectivity index (χ1v) is 14.9.